The van der Waals surface area contributed by atoms with E-state index in [9.17, 15) is 13.2 Å². The zero-order valence-corrected chi connectivity index (χ0v) is 16.6. The van der Waals surface area contributed by atoms with Crippen molar-refractivity contribution in [3.8, 4) is 22.8 Å². The van der Waals surface area contributed by atoms with Crippen LogP contribution in [0.5, 0.6) is 11.5 Å². The van der Waals surface area contributed by atoms with Gasteiger partial charge in [0.25, 0.3) is 0 Å². The fourth-order valence-corrected chi connectivity index (χ4v) is 3.10. The molecule has 0 aliphatic rings. The van der Waals surface area contributed by atoms with Crippen molar-refractivity contribution in [2.24, 2.45) is 0 Å². The van der Waals surface area contributed by atoms with Crippen LogP contribution in [0.3, 0.4) is 0 Å². The summed E-state index contributed by atoms with van der Waals surface area (Å²) in [4.78, 5) is 0. The van der Waals surface area contributed by atoms with Gasteiger partial charge in [0.15, 0.2) is 0 Å². The van der Waals surface area contributed by atoms with Gasteiger partial charge in [-0.1, -0.05) is 32.4 Å². The zero-order valence-electron chi connectivity index (χ0n) is 16.6. The second kappa shape index (κ2) is 9.61. The van der Waals surface area contributed by atoms with Crippen LogP contribution in [0.15, 0.2) is 59.7 Å². The molecule has 0 aliphatic carbocycles. The molecule has 160 valence electrons. The second-order valence-corrected chi connectivity index (χ2v) is 6.74. The Balaban J connectivity index is 1.92. The molecule has 1 aromatic heterocycles. The number of alkyl halides is 3. The molecule has 0 aliphatic heterocycles. The first-order valence-corrected chi connectivity index (χ1v) is 9.67. The number of hydrogen-bond acceptors (Lipinski definition) is 4. The lowest BCUT2D eigenvalue weighted by Gasteiger charge is -2.13. The second-order valence-electron chi connectivity index (χ2n) is 6.74. The molecule has 3 rings (SSSR count). The van der Waals surface area contributed by atoms with E-state index in [-0.39, 0.29) is 23.9 Å². The first kappa shape index (κ1) is 21.6. The lowest BCUT2D eigenvalue weighted by molar-refractivity contribution is -0.274. The highest BCUT2D eigenvalue weighted by Crippen LogP contribution is 2.38. The van der Waals surface area contributed by atoms with E-state index in [0.29, 0.717) is 17.8 Å². The fraction of sp³-hybridized carbons (Fsp3) is 0.304. The van der Waals surface area contributed by atoms with Crippen molar-refractivity contribution in [3.05, 3.63) is 60.9 Å². The molecule has 0 N–H and O–H groups in total. The highest BCUT2D eigenvalue weighted by Gasteiger charge is 2.32. The molecule has 1 heterocycles. The lowest BCUT2D eigenvalue weighted by Crippen LogP contribution is -2.17. The van der Waals surface area contributed by atoms with Crippen LogP contribution in [0.25, 0.3) is 22.3 Å². The summed E-state index contributed by atoms with van der Waals surface area (Å²) in [5, 5.41) is 0.729. The average Bonchev–Trinajstić information content (AvgIpc) is 3.10. The summed E-state index contributed by atoms with van der Waals surface area (Å²) in [5.74, 6) is 0.513. The van der Waals surface area contributed by atoms with E-state index in [1.165, 1.54) is 12.3 Å². The molecule has 0 saturated heterocycles. The van der Waals surface area contributed by atoms with Gasteiger partial charge in [-0.05, 0) is 48.7 Å². The minimum Gasteiger partial charge on any atom is -0.466 e. The number of rotatable bonds is 10. The smallest absolute Gasteiger partial charge is 0.466 e. The molecule has 4 nitrogen and oxygen atoms in total. The Labute approximate surface area is 172 Å². The first-order chi connectivity index (χ1) is 14.4. The summed E-state index contributed by atoms with van der Waals surface area (Å²) in [6.07, 6.45) is 0.115. The van der Waals surface area contributed by atoms with Crippen molar-refractivity contribution in [1.29, 1.82) is 0 Å². The topological polar surface area (TPSA) is 40.8 Å². The standard InChI is InChI=1S/C23H23F3O4/c1-3-5-6-7-16-8-11-19(22(12-16)30-23(24,25)26)21-13-17-9-10-18(14-20(17)29-21)28-15-27-4-2/h4,8-14H,2-3,5-7,15H2,1H3. The largest absolute Gasteiger partial charge is 0.573 e. The van der Waals surface area contributed by atoms with Gasteiger partial charge in [-0.25, -0.2) is 0 Å². The van der Waals surface area contributed by atoms with Crippen molar-refractivity contribution in [2.45, 2.75) is 39.0 Å². The molecule has 2 aromatic carbocycles. The highest BCUT2D eigenvalue weighted by molar-refractivity contribution is 5.85. The van der Waals surface area contributed by atoms with Gasteiger partial charge in [-0.3, -0.25) is 0 Å². The monoisotopic (exact) mass is 420 g/mol. The van der Waals surface area contributed by atoms with Gasteiger partial charge >= 0.3 is 6.36 Å². The number of aryl methyl sites for hydroxylation is 1. The van der Waals surface area contributed by atoms with Gasteiger partial charge in [0.1, 0.15) is 22.8 Å². The first-order valence-electron chi connectivity index (χ1n) is 9.67. The van der Waals surface area contributed by atoms with Crippen molar-refractivity contribution in [3.63, 3.8) is 0 Å². The molecule has 0 atom stereocenters. The van der Waals surface area contributed by atoms with Crippen LogP contribution in [-0.2, 0) is 11.2 Å². The quantitative estimate of drug-likeness (QED) is 0.197. The van der Waals surface area contributed by atoms with Gasteiger partial charge < -0.3 is 18.6 Å². The lowest BCUT2D eigenvalue weighted by atomic mass is 10.0. The Morgan fingerprint density at radius 3 is 2.63 bits per heavy atom. The van der Waals surface area contributed by atoms with Crippen LogP contribution in [0.1, 0.15) is 31.7 Å². The number of benzene rings is 2. The van der Waals surface area contributed by atoms with E-state index in [1.54, 1.807) is 30.3 Å². The van der Waals surface area contributed by atoms with Crippen LogP contribution < -0.4 is 9.47 Å². The molecule has 0 bridgehead atoms. The van der Waals surface area contributed by atoms with Crippen molar-refractivity contribution in [1.82, 2.24) is 0 Å². The molecule has 0 radical (unpaired) electrons. The van der Waals surface area contributed by atoms with E-state index in [1.807, 2.05) is 6.07 Å². The third-order valence-electron chi connectivity index (χ3n) is 4.51. The fourth-order valence-electron chi connectivity index (χ4n) is 3.10. The molecular weight excluding hydrogens is 397 g/mol. The van der Waals surface area contributed by atoms with Crippen LogP contribution >= 0.6 is 0 Å². The summed E-state index contributed by atoms with van der Waals surface area (Å²) in [6, 6.07) is 11.7. The SMILES string of the molecule is C=COCOc1ccc2cc(-c3ccc(CCCCC)cc3OC(F)(F)F)oc2c1. The van der Waals surface area contributed by atoms with Crippen LogP contribution in [0.4, 0.5) is 13.2 Å². The van der Waals surface area contributed by atoms with E-state index in [0.717, 1.165) is 30.2 Å². The number of hydrogen-bond donors (Lipinski definition) is 0. The Hall–Kier alpha value is -3.09. The van der Waals surface area contributed by atoms with Crippen molar-refractivity contribution < 1.29 is 31.8 Å². The number of furan rings is 1. The predicted octanol–water partition coefficient (Wildman–Crippen LogP) is 7.23. The molecule has 30 heavy (non-hydrogen) atoms. The van der Waals surface area contributed by atoms with Crippen molar-refractivity contribution in [2.75, 3.05) is 6.79 Å². The van der Waals surface area contributed by atoms with Gasteiger partial charge in [0.05, 0.1) is 11.8 Å². The van der Waals surface area contributed by atoms with Crippen LogP contribution in [-0.4, -0.2) is 13.2 Å². The van der Waals surface area contributed by atoms with Crippen LogP contribution in [0, 0.1) is 0 Å². The summed E-state index contributed by atoms with van der Waals surface area (Å²) < 4.78 is 59.4. The molecular formula is C23H23F3O4. The summed E-state index contributed by atoms with van der Waals surface area (Å²) in [5.41, 5.74) is 1.51. The Morgan fingerprint density at radius 2 is 1.90 bits per heavy atom. The Bertz CT molecular complexity index is 992. The molecule has 0 unspecified atom stereocenters. The van der Waals surface area contributed by atoms with E-state index < -0.39 is 6.36 Å². The molecule has 0 amide bonds. The number of halogens is 3. The molecule has 3 aromatic rings. The van der Waals surface area contributed by atoms with Gasteiger partial charge in [0, 0.05) is 11.5 Å². The van der Waals surface area contributed by atoms with Gasteiger partial charge in [-0.2, -0.15) is 0 Å². The summed E-state index contributed by atoms with van der Waals surface area (Å²) in [7, 11) is 0. The molecule has 0 fully saturated rings. The molecule has 7 heteroatoms. The molecule has 0 spiro atoms. The number of ether oxygens (including phenoxy) is 3. The highest BCUT2D eigenvalue weighted by atomic mass is 19.4. The number of fused-ring (bicyclic) bond motifs is 1. The minimum absolute atomic E-state index is 0.00830. The van der Waals surface area contributed by atoms with E-state index in [4.69, 9.17) is 13.9 Å². The maximum atomic E-state index is 13.0. The number of unbranched alkanes of at least 4 members (excludes halogenated alkanes) is 2. The average molecular weight is 420 g/mol. The Kier molecular flexibility index (Phi) is 6.92. The maximum absolute atomic E-state index is 13.0. The van der Waals surface area contributed by atoms with Gasteiger partial charge in [0.2, 0.25) is 6.79 Å². The van der Waals surface area contributed by atoms with Crippen molar-refractivity contribution >= 4 is 11.0 Å². The minimum atomic E-state index is -4.80. The third kappa shape index (κ3) is 5.72. The normalized spacial score (nSPS) is 11.5. The zero-order chi connectivity index (χ0) is 21.6. The summed E-state index contributed by atoms with van der Waals surface area (Å²) >= 11 is 0. The van der Waals surface area contributed by atoms with E-state index in [2.05, 4.69) is 18.2 Å². The third-order valence-corrected chi connectivity index (χ3v) is 4.51. The van der Waals surface area contributed by atoms with Crippen LogP contribution in [0.2, 0.25) is 0 Å². The predicted molar refractivity (Wildman–Crippen MR) is 108 cm³/mol. The van der Waals surface area contributed by atoms with E-state index >= 15 is 0 Å². The summed E-state index contributed by atoms with van der Waals surface area (Å²) in [6.45, 7) is 5.49. The Morgan fingerprint density at radius 1 is 1.07 bits per heavy atom. The van der Waals surface area contributed by atoms with Gasteiger partial charge in [-0.15, -0.1) is 13.2 Å². The maximum Gasteiger partial charge on any atom is 0.573 e. The molecule has 0 saturated carbocycles.